The predicted octanol–water partition coefficient (Wildman–Crippen LogP) is 1.01. The number of hydrogen-bond acceptors (Lipinski definition) is 3. The number of aliphatic carboxylic acids is 1. The number of halogens is 3. The van der Waals surface area contributed by atoms with Gasteiger partial charge in [0.1, 0.15) is 13.4 Å². The van der Waals surface area contributed by atoms with E-state index in [1.807, 2.05) is 0 Å². The Bertz CT molecular complexity index is 168. The maximum Gasteiger partial charge on any atom is 0.411 e. The first-order valence-electron chi connectivity index (χ1n) is 3.32. The molecule has 0 aromatic carbocycles. The van der Waals surface area contributed by atoms with Gasteiger partial charge in [0.2, 0.25) is 0 Å². The van der Waals surface area contributed by atoms with Crippen LogP contribution in [0, 0.1) is 0 Å². The van der Waals surface area contributed by atoms with Gasteiger partial charge in [-0.25, -0.2) is 4.79 Å². The molecule has 78 valence electrons. The average Bonchev–Trinajstić information content (AvgIpc) is 1.95. The largest absolute Gasteiger partial charge is 0.479 e. The molecule has 0 aromatic rings. The summed E-state index contributed by atoms with van der Waals surface area (Å²) in [6.45, 7) is -0.939. The van der Waals surface area contributed by atoms with Gasteiger partial charge in [-0.05, 0) is 6.92 Å². The zero-order valence-electron chi connectivity index (χ0n) is 6.80. The van der Waals surface area contributed by atoms with Gasteiger partial charge < -0.3 is 14.6 Å². The molecule has 1 atom stereocenters. The summed E-state index contributed by atoms with van der Waals surface area (Å²) in [5.74, 6) is -1.25. The zero-order chi connectivity index (χ0) is 10.5. The normalized spacial score (nSPS) is 14.2. The Kier molecular flexibility index (Phi) is 4.71. The van der Waals surface area contributed by atoms with Crippen molar-refractivity contribution in [3.63, 3.8) is 0 Å². The average molecular weight is 202 g/mol. The van der Waals surface area contributed by atoms with Crippen molar-refractivity contribution >= 4 is 5.97 Å². The first kappa shape index (κ1) is 12.2. The molecule has 0 saturated heterocycles. The Morgan fingerprint density at radius 1 is 1.54 bits per heavy atom. The van der Waals surface area contributed by atoms with Crippen LogP contribution < -0.4 is 0 Å². The van der Waals surface area contributed by atoms with Crippen molar-refractivity contribution < 1.29 is 32.5 Å². The maximum absolute atomic E-state index is 11.4. The van der Waals surface area contributed by atoms with E-state index in [-0.39, 0.29) is 0 Å². The fraction of sp³-hybridized carbons (Fsp3) is 0.833. The molecule has 0 bridgehead atoms. The zero-order valence-corrected chi connectivity index (χ0v) is 6.80. The lowest BCUT2D eigenvalue weighted by Crippen LogP contribution is -2.24. The molecule has 0 heterocycles. The van der Waals surface area contributed by atoms with Gasteiger partial charge in [0, 0.05) is 0 Å². The van der Waals surface area contributed by atoms with Crippen LogP contribution in [0.3, 0.4) is 0 Å². The third kappa shape index (κ3) is 7.54. The lowest BCUT2D eigenvalue weighted by molar-refractivity contribution is -0.204. The molecule has 13 heavy (non-hydrogen) atoms. The minimum Gasteiger partial charge on any atom is -0.479 e. The minimum absolute atomic E-state index is 0.688. The molecule has 0 fully saturated rings. The number of alkyl halides is 3. The van der Waals surface area contributed by atoms with Crippen LogP contribution >= 0.6 is 0 Å². The number of carboxylic acids is 1. The summed E-state index contributed by atoms with van der Waals surface area (Å²) in [5, 5.41) is 8.24. The molecule has 0 rings (SSSR count). The van der Waals surface area contributed by atoms with E-state index in [9.17, 15) is 18.0 Å². The Labute approximate surface area is 72.2 Å². The molecule has 0 aliphatic heterocycles. The summed E-state index contributed by atoms with van der Waals surface area (Å²) in [6, 6.07) is 0. The summed E-state index contributed by atoms with van der Waals surface area (Å²) < 4.78 is 42.7. The van der Waals surface area contributed by atoms with Crippen LogP contribution in [-0.2, 0) is 14.3 Å². The molecule has 0 spiro atoms. The molecular weight excluding hydrogens is 193 g/mol. The Hall–Kier alpha value is -0.820. The van der Waals surface area contributed by atoms with Crippen LogP contribution in [0.25, 0.3) is 0 Å². The smallest absolute Gasteiger partial charge is 0.411 e. The minimum atomic E-state index is -4.42. The van der Waals surface area contributed by atoms with E-state index in [0.29, 0.717) is 0 Å². The molecule has 0 saturated carbocycles. The van der Waals surface area contributed by atoms with Crippen LogP contribution in [0.2, 0.25) is 0 Å². The maximum atomic E-state index is 11.4. The molecular formula is C6H9F3O4. The molecule has 0 amide bonds. The van der Waals surface area contributed by atoms with Crippen molar-refractivity contribution in [2.75, 3.05) is 13.4 Å². The molecule has 0 aromatic heterocycles. The Balaban J connectivity index is 3.41. The Morgan fingerprint density at radius 2 is 2.08 bits per heavy atom. The number of hydrogen-bond donors (Lipinski definition) is 1. The summed E-state index contributed by atoms with van der Waals surface area (Å²) in [6.07, 6.45) is -5.59. The molecule has 0 aliphatic carbocycles. The molecule has 1 N–H and O–H groups in total. The fourth-order valence-corrected chi connectivity index (χ4v) is 0.379. The highest BCUT2D eigenvalue weighted by atomic mass is 19.4. The number of carbonyl (C=O) groups is 1. The lowest BCUT2D eigenvalue weighted by atomic mass is 10.4. The summed E-state index contributed by atoms with van der Waals surface area (Å²) in [7, 11) is 0. The first-order chi connectivity index (χ1) is 5.83. The first-order valence-corrected chi connectivity index (χ1v) is 3.32. The van der Waals surface area contributed by atoms with Crippen molar-refractivity contribution in [1.29, 1.82) is 0 Å². The van der Waals surface area contributed by atoms with Gasteiger partial charge in [0.15, 0.2) is 6.10 Å². The second kappa shape index (κ2) is 5.03. The van der Waals surface area contributed by atoms with Crippen molar-refractivity contribution in [3.8, 4) is 0 Å². The molecule has 0 aliphatic rings. The van der Waals surface area contributed by atoms with E-state index in [1.165, 1.54) is 6.92 Å². The third-order valence-electron chi connectivity index (χ3n) is 1.01. The lowest BCUT2D eigenvalue weighted by Gasteiger charge is -2.10. The summed E-state index contributed by atoms with van der Waals surface area (Å²) >= 11 is 0. The van der Waals surface area contributed by atoms with Crippen molar-refractivity contribution in [1.82, 2.24) is 0 Å². The van der Waals surface area contributed by atoms with Crippen LogP contribution in [0.1, 0.15) is 6.92 Å². The van der Waals surface area contributed by atoms with E-state index >= 15 is 0 Å². The van der Waals surface area contributed by atoms with Crippen LogP contribution in [0.5, 0.6) is 0 Å². The van der Waals surface area contributed by atoms with Crippen molar-refractivity contribution in [2.45, 2.75) is 19.2 Å². The molecule has 0 unspecified atom stereocenters. The van der Waals surface area contributed by atoms with Gasteiger partial charge in [-0.15, -0.1) is 0 Å². The second-order valence-corrected chi connectivity index (χ2v) is 2.23. The van der Waals surface area contributed by atoms with Gasteiger partial charge in [-0.1, -0.05) is 0 Å². The topological polar surface area (TPSA) is 55.8 Å². The van der Waals surface area contributed by atoms with Gasteiger partial charge in [-0.2, -0.15) is 13.2 Å². The van der Waals surface area contributed by atoms with Crippen LogP contribution in [0.4, 0.5) is 13.2 Å². The predicted molar refractivity (Wildman–Crippen MR) is 35.1 cm³/mol. The van der Waals surface area contributed by atoms with Crippen LogP contribution in [-0.4, -0.2) is 36.8 Å². The van der Waals surface area contributed by atoms with E-state index < -0.39 is 31.6 Å². The number of carboxylic acid groups (broad SMARTS) is 1. The van der Waals surface area contributed by atoms with E-state index in [2.05, 4.69) is 9.47 Å². The van der Waals surface area contributed by atoms with E-state index in [4.69, 9.17) is 5.11 Å². The van der Waals surface area contributed by atoms with Gasteiger partial charge in [0.05, 0.1) is 0 Å². The van der Waals surface area contributed by atoms with E-state index in [1.54, 1.807) is 0 Å². The summed E-state index contributed by atoms with van der Waals surface area (Å²) in [4.78, 5) is 10.1. The quantitative estimate of drug-likeness (QED) is 0.534. The van der Waals surface area contributed by atoms with Gasteiger partial charge in [0.25, 0.3) is 0 Å². The monoisotopic (exact) mass is 202 g/mol. The molecule has 7 heteroatoms. The fourth-order valence-electron chi connectivity index (χ4n) is 0.379. The third-order valence-corrected chi connectivity index (χ3v) is 1.01. The standard InChI is InChI=1S/C6H9F3O4/c1-4(5(10)11)13-3-12-2-6(7,8)9/h4H,2-3H2,1H3,(H,10,11)/t4-/m0/s1. The highest BCUT2D eigenvalue weighted by Gasteiger charge is 2.27. The van der Waals surface area contributed by atoms with Crippen molar-refractivity contribution in [3.05, 3.63) is 0 Å². The highest BCUT2D eigenvalue weighted by Crippen LogP contribution is 2.14. The summed E-state index contributed by atoms with van der Waals surface area (Å²) in [5.41, 5.74) is 0. The molecule has 4 nitrogen and oxygen atoms in total. The number of rotatable bonds is 5. The van der Waals surface area contributed by atoms with E-state index in [0.717, 1.165) is 0 Å². The van der Waals surface area contributed by atoms with Gasteiger partial charge in [-0.3, -0.25) is 0 Å². The molecule has 0 radical (unpaired) electrons. The van der Waals surface area contributed by atoms with Gasteiger partial charge >= 0.3 is 12.1 Å². The number of ether oxygens (including phenoxy) is 2. The SMILES string of the molecule is C[C@H](OCOCC(F)(F)F)C(=O)O. The highest BCUT2D eigenvalue weighted by molar-refractivity contribution is 5.71. The second-order valence-electron chi connectivity index (χ2n) is 2.23. The van der Waals surface area contributed by atoms with Crippen LogP contribution in [0.15, 0.2) is 0 Å². The van der Waals surface area contributed by atoms with Crippen molar-refractivity contribution in [2.24, 2.45) is 0 Å². The Morgan fingerprint density at radius 3 is 2.46 bits per heavy atom.